The van der Waals surface area contributed by atoms with Crippen LogP contribution in [0.4, 0.5) is 4.39 Å². The number of amides is 2. The van der Waals surface area contributed by atoms with E-state index in [-0.39, 0.29) is 18.3 Å². The van der Waals surface area contributed by atoms with Crippen LogP contribution in [0.5, 0.6) is 5.75 Å². The van der Waals surface area contributed by atoms with Crippen molar-refractivity contribution in [2.45, 2.75) is 51.5 Å². The van der Waals surface area contributed by atoms with Crippen LogP contribution in [0.2, 0.25) is 0 Å². The van der Waals surface area contributed by atoms with E-state index in [1.54, 1.807) is 11.0 Å². The summed E-state index contributed by atoms with van der Waals surface area (Å²) < 4.78 is 19.7. The zero-order valence-corrected chi connectivity index (χ0v) is 16.9. The number of likely N-dealkylation sites (N-methyl/N-ethyl adjacent to an activating group) is 1. The molecule has 2 amide bonds. The van der Waals surface area contributed by atoms with Crippen LogP contribution in [-0.2, 0) is 9.59 Å². The second-order valence-electron chi connectivity index (χ2n) is 6.53. The lowest BCUT2D eigenvalue weighted by Gasteiger charge is -2.40. The van der Waals surface area contributed by atoms with Crippen LogP contribution in [0.1, 0.15) is 46.0 Å². The van der Waals surface area contributed by atoms with Gasteiger partial charge in [-0.1, -0.05) is 35.2 Å². The van der Waals surface area contributed by atoms with E-state index in [0.717, 1.165) is 19.3 Å². The van der Waals surface area contributed by atoms with Gasteiger partial charge in [-0.25, -0.2) is 4.39 Å². The van der Waals surface area contributed by atoms with E-state index in [2.05, 4.69) is 21.2 Å². The first-order valence-electron chi connectivity index (χ1n) is 9.10. The minimum Gasteiger partial charge on any atom is -0.481 e. The van der Waals surface area contributed by atoms with Crippen molar-refractivity contribution < 1.29 is 18.7 Å². The summed E-state index contributed by atoms with van der Waals surface area (Å²) in [5.74, 6) is -0.977. The normalized spacial score (nSPS) is 16.0. The lowest BCUT2D eigenvalue weighted by molar-refractivity contribution is -0.143. The molecule has 7 heteroatoms. The van der Waals surface area contributed by atoms with E-state index in [0.29, 0.717) is 30.4 Å². The quantitative estimate of drug-likeness (QED) is 0.720. The fourth-order valence-corrected chi connectivity index (χ4v) is 3.73. The Labute approximate surface area is 162 Å². The number of nitrogens with zero attached hydrogens (tertiary/aromatic N) is 1. The molecule has 0 saturated heterocycles. The van der Waals surface area contributed by atoms with E-state index >= 15 is 0 Å². The van der Waals surface area contributed by atoms with Crippen molar-refractivity contribution in [1.29, 1.82) is 0 Å². The van der Waals surface area contributed by atoms with Crippen LogP contribution in [0.15, 0.2) is 22.7 Å². The average Bonchev–Trinajstić information content (AvgIpc) is 2.62. The molecular formula is C19H26BrFN2O3. The number of carbonyl (C=O) groups is 2. The predicted molar refractivity (Wildman–Crippen MR) is 101 cm³/mol. The summed E-state index contributed by atoms with van der Waals surface area (Å²) in [4.78, 5) is 27.2. The second kappa shape index (κ2) is 9.35. The van der Waals surface area contributed by atoms with Gasteiger partial charge in [0.05, 0.1) is 0 Å². The van der Waals surface area contributed by atoms with Gasteiger partial charge in [0, 0.05) is 17.6 Å². The Balaban J connectivity index is 2.05. The van der Waals surface area contributed by atoms with Gasteiger partial charge in [-0.3, -0.25) is 9.59 Å². The van der Waals surface area contributed by atoms with Crippen molar-refractivity contribution in [2.75, 3.05) is 19.7 Å². The molecule has 5 nitrogen and oxygen atoms in total. The molecule has 1 fully saturated rings. The Morgan fingerprint density at radius 1 is 1.23 bits per heavy atom. The van der Waals surface area contributed by atoms with Crippen molar-refractivity contribution in [3.8, 4) is 5.75 Å². The summed E-state index contributed by atoms with van der Waals surface area (Å²) in [6.07, 6.45) is 4.11. The summed E-state index contributed by atoms with van der Waals surface area (Å²) in [6, 6.07) is 4.38. The third-order valence-electron chi connectivity index (χ3n) is 4.80. The standard InChI is InChI=1S/C19H26BrFN2O3/c1-3-23(4-2)18(25)19(10-6-5-7-11-19)22-17(24)13-26-16-9-8-14(20)12-15(16)21/h8-9,12H,3-7,10-11,13H2,1-2H3,(H,22,24). The highest BCUT2D eigenvalue weighted by Crippen LogP contribution is 2.30. The number of halogens is 2. The zero-order chi connectivity index (χ0) is 19.2. The maximum absolute atomic E-state index is 13.8. The van der Waals surface area contributed by atoms with E-state index < -0.39 is 17.3 Å². The highest BCUT2D eigenvalue weighted by atomic mass is 79.9. The number of hydrogen-bond acceptors (Lipinski definition) is 3. The molecule has 1 aromatic carbocycles. The Morgan fingerprint density at radius 3 is 2.46 bits per heavy atom. The Bertz CT molecular complexity index is 644. The van der Waals surface area contributed by atoms with Crippen LogP contribution < -0.4 is 10.1 Å². The highest BCUT2D eigenvalue weighted by molar-refractivity contribution is 9.10. The van der Waals surface area contributed by atoms with Crippen molar-refractivity contribution in [2.24, 2.45) is 0 Å². The van der Waals surface area contributed by atoms with E-state index in [4.69, 9.17) is 4.74 Å². The molecular weight excluding hydrogens is 403 g/mol. The molecule has 2 rings (SSSR count). The number of hydrogen-bond donors (Lipinski definition) is 1. The average molecular weight is 429 g/mol. The molecule has 1 aromatic rings. The first kappa shape index (κ1) is 20.7. The van der Waals surface area contributed by atoms with Crippen LogP contribution >= 0.6 is 15.9 Å². The minimum absolute atomic E-state index is 0.0103. The van der Waals surface area contributed by atoms with E-state index in [9.17, 15) is 14.0 Å². The van der Waals surface area contributed by atoms with Crippen LogP contribution in [0.25, 0.3) is 0 Å². The molecule has 0 bridgehead atoms. The van der Waals surface area contributed by atoms with Gasteiger partial charge in [0.15, 0.2) is 18.2 Å². The Kier molecular flexibility index (Phi) is 7.43. The van der Waals surface area contributed by atoms with Gasteiger partial charge >= 0.3 is 0 Å². The monoisotopic (exact) mass is 428 g/mol. The second-order valence-corrected chi connectivity index (χ2v) is 7.45. The molecule has 1 aliphatic rings. The lowest BCUT2D eigenvalue weighted by Crippen LogP contribution is -2.61. The van der Waals surface area contributed by atoms with Gasteiger partial charge < -0.3 is 15.0 Å². The lowest BCUT2D eigenvalue weighted by atomic mass is 9.80. The minimum atomic E-state index is -0.872. The molecule has 1 aliphatic carbocycles. The van der Waals surface area contributed by atoms with Gasteiger partial charge in [-0.15, -0.1) is 0 Å². The fourth-order valence-electron chi connectivity index (χ4n) is 3.40. The van der Waals surface area contributed by atoms with Gasteiger partial charge in [-0.2, -0.15) is 0 Å². The molecule has 0 unspecified atom stereocenters. The maximum Gasteiger partial charge on any atom is 0.258 e. The molecule has 144 valence electrons. The molecule has 0 heterocycles. The smallest absolute Gasteiger partial charge is 0.258 e. The number of nitrogens with one attached hydrogen (secondary N) is 1. The van der Waals surface area contributed by atoms with Crippen molar-refractivity contribution >= 4 is 27.7 Å². The number of rotatable bonds is 7. The molecule has 0 radical (unpaired) electrons. The van der Waals surface area contributed by atoms with Gasteiger partial charge in [-0.05, 0) is 44.9 Å². The number of carbonyl (C=O) groups excluding carboxylic acids is 2. The maximum atomic E-state index is 13.8. The third kappa shape index (κ3) is 4.96. The first-order chi connectivity index (χ1) is 12.4. The van der Waals surface area contributed by atoms with E-state index in [1.807, 2.05) is 13.8 Å². The molecule has 0 aromatic heterocycles. The molecule has 0 spiro atoms. The Morgan fingerprint density at radius 2 is 1.88 bits per heavy atom. The van der Waals surface area contributed by atoms with E-state index in [1.165, 1.54) is 12.1 Å². The van der Waals surface area contributed by atoms with Crippen molar-refractivity contribution in [1.82, 2.24) is 10.2 Å². The zero-order valence-electron chi connectivity index (χ0n) is 15.3. The Hall–Kier alpha value is -1.63. The molecule has 0 atom stereocenters. The van der Waals surface area contributed by atoms with Gasteiger partial charge in [0.25, 0.3) is 5.91 Å². The SMILES string of the molecule is CCN(CC)C(=O)C1(NC(=O)COc2ccc(Br)cc2F)CCCCC1. The molecule has 0 aliphatic heterocycles. The number of ether oxygens (including phenoxy) is 1. The predicted octanol–water partition coefficient (Wildman–Crippen LogP) is 3.65. The van der Waals surface area contributed by atoms with Crippen molar-refractivity contribution in [3.05, 3.63) is 28.5 Å². The summed E-state index contributed by atoms with van der Waals surface area (Å²) in [6.45, 7) is 4.74. The summed E-state index contributed by atoms with van der Waals surface area (Å²) in [7, 11) is 0. The summed E-state index contributed by atoms with van der Waals surface area (Å²) >= 11 is 3.18. The molecule has 1 saturated carbocycles. The largest absolute Gasteiger partial charge is 0.481 e. The summed E-state index contributed by atoms with van der Waals surface area (Å²) in [5, 5.41) is 2.90. The highest BCUT2D eigenvalue weighted by Gasteiger charge is 2.42. The van der Waals surface area contributed by atoms with Gasteiger partial charge in [0.1, 0.15) is 5.54 Å². The van der Waals surface area contributed by atoms with Crippen molar-refractivity contribution in [3.63, 3.8) is 0 Å². The van der Waals surface area contributed by atoms with Gasteiger partial charge in [0.2, 0.25) is 5.91 Å². The van der Waals surface area contributed by atoms with Crippen LogP contribution in [0.3, 0.4) is 0 Å². The first-order valence-corrected chi connectivity index (χ1v) is 9.89. The van der Waals surface area contributed by atoms with Crippen LogP contribution in [0, 0.1) is 5.82 Å². The van der Waals surface area contributed by atoms with Crippen LogP contribution in [-0.4, -0.2) is 41.9 Å². The fraction of sp³-hybridized carbons (Fsp3) is 0.579. The molecule has 26 heavy (non-hydrogen) atoms. The third-order valence-corrected chi connectivity index (χ3v) is 5.29. The number of benzene rings is 1. The molecule has 1 N–H and O–H groups in total. The topological polar surface area (TPSA) is 58.6 Å². The summed E-state index contributed by atoms with van der Waals surface area (Å²) in [5.41, 5.74) is -0.872.